The lowest BCUT2D eigenvalue weighted by atomic mass is 10.1. The Morgan fingerprint density at radius 3 is 2.59 bits per heavy atom. The number of nitrogens with one attached hydrogen (secondary N) is 2. The molecule has 0 bridgehead atoms. The van der Waals surface area contributed by atoms with Gasteiger partial charge in [0, 0.05) is 11.7 Å². The summed E-state index contributed by atoms with van der Waals surface area (Å²) in [5, 5.41) is 6.08. The van der Waals surface area contributed by atoms with Crippen molar-refractivity contribution in [2.45, 2.75) is 33.7 Å². The van der Waals surface area contributed by atoms with Crippen LogP contribution in [-0.2, 0) is 4.79 Å². The quantitative estimate of drug-likeness (QED) is 0.822. The van der Waals surface area contributed by atoms with E-state index in [4.69, 9.17) is 0 Å². The predicted molar refractivity (Wildman–Crippen MR) is 72.1 cm³/mol. The van der Waals surface area contributed by atoms with Crippen molar-refractivity contribution in [2.75, 3.05) is 11.9 Å². The molecule has 0 aromatic heterocycles. The molecule has 2 N–H and O–H groups in total. The Kier molecular flexibility index (Phi) is 5.16. The molecule has 0 aliphatic heterocycles. The summed E-state index contributed by atoms with van der Waals surface area (Å²) in [6.45, 7) is 8.72. The lowest BCUT2D eigenvalue weighted by Gasteiger charge is -2.17. The number of carbonyl (C=O) groups is 1. The standard InChI is InChI=1S/C14H22N2O/c1-10(2)12(4)15-9-14(17)16-13-7-5-6-11(3)8-13/h5-8,10,12,15H,9H2,1-4H3,(H,16,17). The molecule has 3 heteroatoms. The first-order valence-corrected chi connectivity index (χ1v) is 6.09. The maximum Gasteiger partial charge on any atom is 0.238 e. The van der Waals surface area contributed by atoms with E-state index >= 15 is 0 Å². The summed E-state index contributed by atoms with van der Waals surface area (Å²) < 4.78 is 0. The van der Waals surface area contributed by atoms with Gasteiger partial charge in [-0.25, -0.2) is 0 Å². The summed E-state index contributed by atoms with van der Waals surface area (Å²) >= 11 is 0. The van der Waals surface area contributed by atoms with Crippen molar-refractivity contribution in [1.82, 2.24) is 5.32 Å². The van der Waals surface area contributed by atoms with E-state index in [0.717, 1.165) is 11.3 Å². The minimum Gasteiger partial charge on any atom is -0.325 e. The maximum absolute atomic E-state index is 11.7. The van der Waals surface area contributed by atoms with Crippen LogP contribution in [-0.4, -0.2) is 18.5 Å². The Labute approximate surface area is 104 Å². The average molecular weight is 234 g/mol. The molecule has 0 fully saturated rings. The van der Waals surface area contributed by atoms with E-state index in [1.54, 1.807) is 0 Å². The van der Waals surface area contributed by atoms with E-state index in [9.17, 15) is 4.79 Å². The summed E-state index contributed by atoms with van der Waals surface area (Å²) in [6.07, 6.45) is 0. The van der Waals surface area contributed by atoms with Gasteiger partial charge in [0.15, 0.2) is 0 Å². The van der Waals surface area contributed by atoms with Gasteiger partial charge in [0.1, 0.15) is 0 Å². The molecule has 0 saturated carbocycles. The molecule has 0 heterocycles. The fourth-order valence-electron chi connectivity index (χ4n) is 1.42. The van der Waals surface area contributed by atoms with Gasteiger partial charge in [-0.15, -0.1) is 0 Å². The number of amides is 1. The summed E-state index contributed by atoms with van der Waals surface area (Å²) in [6, 6.07) is 8.16. The zero-order chi connectivity index (χ0) is 12.8. The lowest BCUT2D eigenvalue weighted by Crippen LogP contribution is -2.37. The first-order valence-electron chi connectivity index (χ1n) is 6.09. The van der Waals surface area contributed by atoms with Crippen LogP contribution < -0.4 is 10.6 Å². The first-order chi connectivity index (χ1) is 7.99. The third kappa shape index (κ3) is 5.00. The number of benzene rings is 1. The van der Waals surface area contributed by atoms with Crippen LogP contribution in [0.5, 0.6) is 0 Å². The molecule has 0 saturated heterocycles. The smallest absolute Gasteiger partial charge is 0.238 e. The van der Waals surface area contributed by atoms with E-state index in [2.05, 4.69) is 31.4 Å². The zero-order valence-electron chi connectivity index (χ0n) is 11.1. The van der Waals surface area contributed by atoms with Gasteiger partial charge in [0.05, 0.1) is 6.54 Å². The Hall–Kier alpha value is -1.35. The molecule has 1 aromatic rings. The van der Waals surface area contributed by atoms with Gasteiger partial charge < -0.3 is 10.6 Å². The largest absolute Gasteiger partial charge is 0.325 e. The maximum atomic E-state index is 11.7. The van der Waals surface area contributed by atoms with Gasteiger partial charge in [-0.3, -0.25) is 4.79 Å². The fourth-order valence-corrected chi connectivity index (χ4v) is 1.42. The zero-order valence-corrected chi connectivity index (χ0v) is 11.1. The molecule has 1 atom stereocenters. The Morgan fingerprint density at radius 2 is 2.00 bits per heavy atom. The molecular formula is C14H22N2O. The molecule has 1 unspecified atom stereocenters. The number of hydrogen-bond acceptors (Lipinski definition) is 2. The van der Waals surface area contributed by atoms with Crippen molar-refractivity contribution in [3.05, 3.63) is 29.8 Å². The van der Waals surface area contributed by atoms with E-state index in [1.165, 1.54) is 0 Å². The minimum atomic E-state index is 0.00287. The van der Waals surface area contributed by atoms with E-state index in [0.29, 0.717) is 18.5 Å². The highest BCUT2D eigenvalue weighted by atomic mass is 16.1. The van der Waals surface area contributed by atoms with Crippen LogP contribution in [0.2, 0.25) is 0 Å². The van der Waals surface area contributed by atoms with Crippen LogP contribution in [0.15, 0.2) is 24.3 Å². The van der Waals surface area contributed by atoms with Gasteiger partial charge in [-0.05, 0) is 37.5 Å². The monoisotopic (exact) mass is 234 g/mol. The van der Waals surface area contributed by atoms with Crippen molar-refractivity contribution >= 4 is 11.6 Å². The van der Waals surface area contributed by atoms with Gasteiger partial charge in [-0.1, -0.05) is 26.0 Å². The summed E-state index contributed by atoms with van der Waals surface area (Å²) in [5.41, 5.74) is 2.00. The highest BCUT2D eigenvalue weighted by Gasteiger charge is 2.08. The van der Waals surface area contributed by atoms with Crippen LogP contribution in [0, 0.1) is 12.8 Å². The highest BCUT2D eigenvalue weighted by molar-refractivity contribution is 5.92. The van der Waals surface area contributed by atoms with Crippen LogP contribution >= 0.6 is 0 Å². The minimum absolute atomic E-state index is 0.00287. The van der Waals surface area contributed by atoms with Gasteiger partial charge in [0.2, 0.25) is 5.91 Å². The van der Waals surface area contributed by atoms with Crippen molar-refractivity contribution in [3.63, 3.8) is 0 Å². The highest BCUT2D eigenvalue weighted by Crippen LogP contribution is 2.09. The third-order valence-corrected chi connectivity index (χ3v) is 2.89. The van der Waals surface area contributed by atoms with Crippen LogP contribution in [0.3, 0.4) is 0 Å². The molecule has 17 heavy (non-hydrogen) atoms. The topological polar surface area (TPSA) is 41.1 Å². The number of carbonyl (C=O) groups excluding carboxylic acids is 1. The van der Waals surface area contributed by atoms with Gasteiger partial charge >= 0.3 is 0 Å². The third-order valence-electron chi connectivity index (χ3n) is 2.89. The Bertz CT molecular complexity index is 374. The second-order valence-corrected chi connectivity index (χ2v) is 4.83. The second-order valence-electron chi connectivity index (χ2n) is 4.83. The molecule has 0 aliphatic carbocycles. The summed E-state index contributed by atoms with van der Waals surface area (Å²) in [5.74, 6) is 0.532. The number of aryl methyl sites for hydroxylation is 1. The molecule has 0 spiro atoms. The van der Waals surface area contributed by atoms with Crippen molar-refractivity contribution < 1.29 is 4.79 Å². The molecule has 1 amide bonds. The van der Waals surface area contributed by atoms with Crippen LogP contribution in [0.25, 0.3) is 0 Å². The number of anilines is 1. The SMILES string of the molecule is Cc1cccc(NC(=O)CNC(C)C(C)C)c1. The Balaban J connectivity index is 2.40. The summed E-state index contributed by atoms with van der Waals surface area (Å²) in [4.78, 5) is 11.7. The van der Waals surface area contributed by atoms with Gasteiger partial charge in [0.25, 0.3) is 0 Å². The molecule has 94 valence electrons. The van der Waals surface area contributed by atoms with E-state index in [-0.39, 0.29) is 5.91 Å². The molecule has 1 aromatic carbocycles. The average Bonchev–Trinajstić information content (AvgIpc) is 2.25. The fraction of sp³-hybridized carbons (Fsp3) is 0.500. The second kappa shape index (κ2) is 6.40. The first kappa shape index (κ1) is 13.7. The van der Waals surface area contributed by atoms with Crippen LogP contribution in [0.4, 0.5) is 5.69 Å². The molecular weight excluding hydrogens is 212 g/mol. The summed E-state index contributed by atoms with van der Waals surface area (Å²) in [7, 11) is 0. The van der Waals surface area contributed by atoms with Crippen molar-refractivity contribution in [3.8, 4) is 0 Å². The molecule has 0 aliphatic rings. The Morgan fingerprint density at radius 1 is 1.29 bits per heavy atom. The van der Waals surface area contributed by atoms with Crippen molar-refractivity contribution in [2.24, 2.45) is 5.92 Å². The van der Waals surface area contributed by atoms with E-state index < -0.39 is 0 Å². The number of rotatable bonds is 5. The van der Waals surface area contributed by atoms with Crippen molar-refractivity contribution in [1.29, 1.82) is 0 Å². The number of hydrogen-bond donors (Lipinski definition) is 2. The van der Waals surface area contributed by atoms with Crippen LogP contribution in [0.1, 0.15) is 26.3 Å². The molecule has 0 radical (unpaired) electrons. The van der Waals surface area contributed by atoms with Gasteiger partial charge in [-0.2, -0.15) is 0 Å². The lowest BCUT2D eigenvalue weighted by molar-refractivity contribution is -0.115. The normalized spacial score (nSPS) is 12.5. The molecule has 1 rings (SSSR count). The van der Waals surface area contributed by atoms with E-state index in [1.807, 2.05) is 31.2 Å². The predicted octanol–water partition coefficient (Wildman–Crippen LogP) is 2.57. The molecule has 3 nitrogen and oxygen atoms in total.